The fourth-order valence-electron chi connectivity index (χ4n) is 10.6. The highest BCUT2D eigenvalue weighted by molar-refractivity contribution is 9.10. The average Bonchev–Trinajstić information content (AvgIpc) is 1.70. The first-order valence-electron chi connectivity index (χ1n) is 34.8. The summed E-state index contributed by atoms with van der Waals surface area (Å²) in [6.07, 6.45) is 14.7. The lowest BCUT2D eigenvalue weighted by Crippen LogP contribution is -2.47. The number of nitrogens with two attached hydrogens (primary N) is 2. The number of nitriles is 1. The number of alkyl halides is 6. The van der Waals surface area contributed by atoms with Gasteiger partial charge in [-0.3, -0.25) is 73.8 Å². The number of pyridine rings is 5. The number of benzene rings is 4. The normalized spacial score (nSPS) is 12.8. The monoisotopic (exact) mass is 1690 g/mol. The summed E-state index contributed by atoms with van der Waals surface area (Å²) in [6.45, 7) is 9.79. The first-order valence-corrected chi connectivity index (χ1v) is 36.4. The summed E-state index contributed by atoms with van der Waals surface area (Å²) >= 11 is 15.2. The molecule has 5 amide bonds. The molecule has 1 aliphatic rings. The number of hydrogen-bond acceptors (Lipinski definition) is 23. The number of aromatic nitrogens is 15. The molecule has 37 heteroatoms. The number of carbonyl (C=O) groups is 5. The van der Waals surface area contributed by atoms with Gasteiger partial charge in [0.05, 0.1) is 107 Å². The zero-order valence-electron chi connectivity index (χ0n) is 62.1. The minimum atomic E-state index is -4.43. The van der Waals surface area contributed by atoms with Crippen LogP contribution in [0.2, 0.25) is 10.0 Å². The van der Waals surface area contributed by atoms with Gasteiger partial charge >= 0.3 is 12.4 Å². The van der Waals surface area contributed by atoms with Crippen LogP contribution in [0.1, 0.15) is 118 Å². The molecule has 10 aromatic heterocycles. The highest BCUT2D eigenvalue weighted by atomic mass is 79.9. The van der Waals surface area contributed by atoms with Gasteiger partial charge in [0.15, 0.2) is 0 Å². The van der Waals surface area contributed by atoms with E-state index in [1.54, 1.807) is 103 Å². The van der Waals surface area contributed by atoms with Crippen LogP contribution in [0.25, 0.3) is 99.7 Å². The van der Waals surface area contributed by atoms with E-state index in [4.69, 9.17) is 39.9 Å². The van der Waals surface area contributed by atoms with Crippen molar-refractivity contribution in [2.24, 2.45) is 11.5 Å². The van der Waals surface area contributed by atoms with Crippen molar-refractivity contribution in [2.45, 2.75) is 95.6 Å². The first kappa shape index (κ1) is 84.6. The van der Waals surface area contributed by atoms with Gasteiger partial charge in [0.25, 0.3) is 29.5 Å². The van der Waals surface area contributed by atoms with Crippen molar-refractivity contribution >= 4 is 124 Å². The van der Waals surface area contributed by atoms with E-state index in [2.05, 4.69) is 113 Å². The molecule has 1 saturated carbocycles. The van der Waals surface area contributed by atoms with E-state index in [0.29, 0.717) is 105 Å². The standard InChI is InChI=1S/C20H19F3N4O2.C19H19ClN4O2.C15H9F3N4O.C14H9ClN4O.C12H8BrN5O/c1-11(19(2,3)29)26-18(28)16-10-25-15-9-24-8-14(17(15)27-16)12-4-6-13(7-5-12)20(21,22)23;1-11(19(2,3)26)23-18(25)16-10-22-15-9-21-8-14(17(15)24-16)12-4-6-13(20)7-5-12;16-15(17,18)9-3-1-8(2-4-9)10-5-20-6-11-13(10)22-12(7-21-11)14(19)23;15-9-3-1-8(2-4-9)10-5-17-6-11-13(10)19-12(7-18-11)14(16)20;13-7-3-15-4-8-10(7)17-9(5-16-8)11(19)18-12(6-14)1-2-12/h4-11,29H,1-3H3,(H,26,28);4-11,26H,1-3H3,(H,23,25);1-7H,(H2,19,23);1-7H,(H2,16,20);3-5H,1-2H2,(H,18,19). The van der Waals surface area contributed by atoms with Gasteiger partial charge in [-0.15, -0.1) is 0 Å². The van der Waals surface area contributed by atoms with Crippen LogP contribution in [0, 0.1) is 11.3 Å². The fraction of sp³-hybridized carbons (Fsp3) is 0.188. The molecule has 28 nitrogen and oxygen atoms in total. The summed E-state index contributed by atoms with van der Waals surface area (Å²) in [6, 6.07) is 24.9. The van der Waals surface area contributed by atoms with Gasteiger partial charge in [-0.25, -0.2) is 24.9 Å². The predicted octanol–water partition coefficient (Wildman–Crippen LogP) is 13.7. The van der Waals surface area contributed by atoms with Crippen LogP contribution >= 0.6 is 39.1 Å². The Morgan fingerprint density at radius 1 is 0.427 bits per heavy atom. The molecule has 14 aromatic rings. The minimum Gasteiger partial charge on any atom is -0.388 e. The Morgan fingerprint density at radius 3 is 0.974 bits per heavy atom. The molecular formula is C80H64BrCl2F6N21O7. The van der Waals surface area contributed by atoms with E-state index in [-0.39, 0.29) is 34.4 Å². The Balaban J connectivity index is 0.000000145. The number of carbonyl (C=O) groups excluding carboxylic acids is 5. The molecule has 4 aromatic carbocycles. The van der Waals surface area contributed by atoms with Gasteiger partial charge in [-0.2, -0.15) is 31.6 Å². The van der Waals surface area contributed by atoms with Crippen LogP contribution in [0.5, 0.6) is 0 Å². The van der Waals surface area contributed by atoms with Crippen LogP contribution in [-0.2, 0) is 12.4 Å². The number of rotatable bonds is 14. The molecule has 0 bridgehead atoms. The molecule has 10 heterocycles. The molecule has 1 fully saturated rings. The van der Waals surface area contributed by atoms with Crippen LogP contribution in [0.3, 0.4) is 0 Å². The van der Waals surface area contributed by atoms with Gasteiger partial charge in [0.2, 0.25) is 0 Å². The Kier molecular flexibility index (Phi) is 25.5. The lowest BCUT2D eigenvalue weighted by molar-refractivity contribution is -0.138. The number of hydrogen-bond donors (Lipinski definition) is 7. The number of fused-ring (bicyclic) bond motifs is 5. The summed E-state index contributed by atoms with van der Waals surface area (Å²) < 4.78 is 77.0. The predicted molar refractivity (Wildman–Crippen MR) is 425 cm³/mol. The number of amides is 5. The van der Waals surface area contributed by atoms with E-state index >= 15 is 0 Å². The van der Waals surface area contributed by atoms with Crippen molar-refractivity contribution in [3.8, 4) is 50.6 Å². The van der Waals surface area contributed by atoms with E-state index in [1.807, 2.05) is 24.3 Å². The van der Waals surface area contributed by atoms with Crippen molar-refractivity contribution in [3.63, 3.8) is 0 Å². The van der Waals surface area contributed by atoms with Crippen LogP contribution in [-0.4, -0.2) is 143 Å². The molecule has 0 spiro atoms. The second-order valence-corrected chi connectivity index (χ2v) is 28.9. The highest BCUT2D eigenvalue weighted by Crippen LogP contribution is 2.37. The molecule has 2 unspecified atom stereocenters. The van der Waals surface area contributed by atoms with Gasteiger partial charge in [-0.05, 0) is 141 Å². The SMILES string of the molecule is CC(NC(=O)c1cnc2cncc(-c3ccc(C(F)(F)F)cc3)c2n1)C(C)(C)O.CC(NC(=O)c1cnc2cncc(-c3ccc(Cl)cc3)c2n1)C(C)(C)O.N#CC1(NC(=O)c2cnc3cncc(Br)c3n2)CC1.NC(=O)c1cnc2cncc(-c3ccc(C(F)(F)F)cc3)c2n1.NC(=O)c1cnc2cncc(-c3ccc(Cl)cc3)c2n1. The van der Waals surface area contributed by atoms with Crippen LogP contribution < -0.4 is 27.4 Å². The number of halogens is 9. The van der Waals surface area contributed by atoms with Gasteiger partial charge in [0, 0.05) is 63.3 Å². The Bertz CT molecular complexity index is 6140. The molecule has 117 heavy (non-hydrogen) atoms. The second-order valence-electron chi connectivity index (χ2n) is 27.2. The lowest BCUT2D eigenvalue weighted by Gasteiger charge is -2.26. The van der Waals surface area contributed by atoms with Crippen molar-refractivity contribution in [1.29, 1.82) is 5.26 Å². The van der Waals surface area contributed by atoms with Gasteiger partial charge in [0.1, 0.15) is 89.2 Å². The molecule has 9 N–H and O–H groups in total. The van der Waals surface area contributed by atoms with Crippen molar-refractivity contribution in [2.75, 3.05) is 0 Å². The van der Waals surface area contributed by atoms with Crippen molar-refractivity contribution < 1.29 is 60.5 Å². The Hall–Kier alpha value is -13.3. The van der Waals surface area contributed by atoms with E-state index in [0.717, 1.165) is 46.5 Å². The third kappa shape index (κ3) is 21.0. The molecule has 594 valence electrons. The second kappa shape index (κ2) is 35.2. The summed E-state index contributed by atoms with van der Waals surface area (Å²) in [7, 11) is 0. The van der Waals surface area contributed by atoms with E-state index in [9.17, 15) is 60.5 Å². The molecule has 2 atom stereocenters. The third-order valence-electron chi connectivity index (χ3n) is 17.9. The van der Waals surface area contributed by atoms with E-state index in [1.165, 1.54) is 80.0 Å². The Labute approximate surface area is 678 Å². The quantitative estimate of drug-likeness (QED) is 0.0497. The van der Waals surface area contributed by atoms with Crippen LogP contribution in [0.15, 0.2) is 194 Å². The van der Waals surface area contributed by atoms with Crippen LogP contribution in [0.4, 0.5) is 26.3 Å². The maximum Gasteiger partial charge on any atom is 0.416 e. The van der Waals surface area contributed by atoms with Gasteiger partial charge in [-0.1, -0.05) is 71.7 Å². The van der Waals surface area contributed by atoms with Crippen molar-refractivity contribution in [1.82, 2.24) is 90.7 Å². The Morgan fingerprint density at radius 2 is 0.692 bits per heavy atom. The first-order chi connectivity index (χ1) is 55.4. The third-order valence-corrected chi connectivity index (χ3v) is 19.0. The molecule has 0 saturated heterocycles. The number of aliphatic hydroxyl groups is 2. The molecule has 1 aliphatic carbocycles. The minimum absolute atomic E-state index is 0.0213. The maximum absolute atomic E-state index is 12.8. The topological polar surface area (TPSA) is 431 Å². The summed E-state index contributed by atoms with van der Waals surface area (Å²) in [4.78, 5) is 122. The largest absolute Gasteiger partial charge is 0.416 e. The number of primary amides is 2. The summed E-state index contributed by atoms with van der Waals surface area (Å²) in [5.41, 5.74) is 16.7. The van der Waals surface area contributed by atoms with Crippen molar-refractivity contribution in [3.05, 3.63) is 244 Å². The van der Waals surface area contributed by atoms with Gasteiger partial charge < -0.3 is 37.6 Å². The molecular weight excluding hydrogens is 1630 g/mol. The molecule has 15 rings (SSSR count). The zero-order valence-corrected chi connectivity index (χ0v) is 65.2. The molecule has 0 radical (unpaired) electrons. The zero-order chi connectivity index (χ0) is 84.5. The average molecular weight is 1700 g/mol. The summed E-state index contributed by atoms with van der Waals surface area (Å²) in [5.74, 6) is -2.65. The lowest BCUT2D eigenvalue weighted by atomic mass is 10.0. The number of nitrogens with zero attached hydrogens (tertiary/aromatic N) is 16. The molecule has 0 aliphatic heterocycles. The smallest absolute Gasteiger partial charge is 0.388 e. The fourth-order valence-corrected chi connectivity index (χ4v) is 11.2. The van der Waals surface area contributed by atoms with E-state index < -0.39 is 75.9 Å². The maximum atomic E-state index is 12.8. The summed E-state index contributed by atoms with van der Waals surface area (Å²) in [5, 5.41) is 38.3. The number of nitrogens with one attached hydrogen (secondary N) is 3. The highest BCUT2D eigenvalue weighted by Gasteiger charge is 2.45.